The molecule has 3 N–H and O–H groups in total. The first kappa shape index (κ1) is 19.9. The smallest absolute Gasteiger partial charge is 0.262 e. The third kappa shape index (κ3) is 4.91. The quantitative estimate of drug-likeness (QED) is 0.600. The van der Waals surface area contributed by atoms with Gasteiger partial charge in [0, 0.05) is 16.3 Å². The van der Waals surface area contributed by atoms with E-state index in [-0.39, 0.29) is 12.5 Å². The molecule has 2 aromatic carbocycles. The number of amides is 2. The zero-order chi connectivity index (χ0) is 20.1. The second kappa shape index (κ2) is 8.91. The summed E-state index contributed by atoms with van der Waals surface area (Å²) < 4.78 is 5.45. The van der Waals surface area contributed by atoms with Crippen LogP contribution in [0, 0.1) is 6.92 Å². The second-order valence-electron chi connectivity index (χ2n) is 6.17. The molecule has 0 spiro atoms. The van der Waals surface area contributed by atoms with Crippen molar-refractivity contribution < 1.29 is 14.3 Å². The van der Waals surface area contributed by atoms with Gasteiger partial charge in [-0.05, 0) is 42.3 Å². The van der Waals surface area contributed by atoms with Gasteiger partial charge in [0.1, 0.15) is 10.8 Å². The number of primary amides is 1. The van der Waals surface area contributed by atoms with Crippen LogP contribution in [0.15, 0.2) is 54.6 Å². The molecule has 0 unspecified atom stereocenters. The van der Waals surface area contributed by atoms with Crippen LogP contribution in [-0.2, 0) is 11.2 Å². The minimum atomic E-state index is -0.568. The molecule has 0 aliphatic heterocycles. The second-order valence-corrected chi connectivity index (χ2v) is 7.71. The van der Waals surface area contributed by atoms with Gasteiger partial charge in [-0.2, -0.15) is 0 Å². The SMILES string of the molecule is Cc1c(Cc2ccccc2)sc(NC(=O)COc2ccc(Cl)cc2)c1C(N)=O. The molecule has 1 aromatic heterocycles. The van der Waals surface area contributed by atoms with E-state index < -0.39 is 5.91 Å². The van der Waals surface area contributed by atoms with Crippen LogP contribution in [0.1, 0.15) is 26.4 Å². The van der Waals surface area contributed by atoms with E-state index in [0.29, 0.717) is 27.8 Å². The molecule has 3 aromatic rings. The number of anilines is 1. The number of carbonyl (C=O) groups is 2. The fraction of sp³-hybridized carbons (Fsp3) is 0.143. The molecule has 7 heteroatoms. The van der Waals surface area contributed by atoms with Crippen molar-refractivity contribution in [2.75, 3.05) is 11.9 Å². The average molecular weight is 415 g/mol. The predicted octanol–water partition coefficient (Wildman–Crippen LogP) is 4.42. The van der Waals surface area contributed by atoms with Crippen LogP contribution in [-0.4, -0.2) is 18.4 Å². The largest absolute Gasteiger partial charge is 0.484 e. The van der Waals surface area contributed by atoms with E-state index in [9.17, 15) is 9.59 Å². The van der Waals surface area contributed by atoms with E-state index in [1.54, 1.807) is 24.3 Å². The Hall–Kier alpha value is -2.83. The van der Waals surface area contributed by atoms with Gasteiger partial charge < -0.3 is 15.8 Å². The minimum Gasteiger partial charge on any atom is -0.484 e. The third-order valence-corrected chi connectivity index (χ3v) is 5.60. The lowest BCUT2D eigenvalue weighted by atomic mass is 10.1. The Bertz CT molecular complexity index is 985. The van der Waals surface area contributed by atoms with Gasteiger partial charge in [-0.3, -0.25) is 9.59 Å². The fourth-order valence-corrected chi connectivity index (χ4v) is 4.12. The summed E-state index contributed by atoms with van der Waals surface area (Å²) in [6.07, 6.45) is 0.661. The Labute approximate surface area is 172 Å². The average Bonchev–Trinajstić information content (AvgIpc) is 2.97. The van der Waals surface area contributed by atoms with Gasteiger partial charge >= 0.3 is 0 Å². The van der Waals surface area contributed by atoms with Gasteiger partial charge in [0.05, 0.1) is 5.56 Å². The Kier molecular flexibility index (Phi) is 6.34. The van der Waals surface area contributed by atoms with E-state index in [0.717, 1.165) is 16.0 Å². The maximum atomic E-state index is 12.3. The summed E-state index contributed by atoms with van der Waals surface area (Å²) in [6.45, 7) is 1.65. The first-order chi connectivity index (χ1) is 13.4. The molecule has 0 saturated carbocycles. The molecule has 144 valence electrons. The Morgan fingerprint density at radius 1 is 1.11 bits per heavy atom. The first-order valence-electron chi connectivity index (χ1n) is 8.58. The van der Waals surface area contributed by atoms with E-state index >= 15 is 0 Å². The summed E-state index contributed by atoms with van der Waals surface area (Å²) >= 11 is 7.18. The fourth-order valence-electron chi connectivity index (χ4n) is 2.74. The summed E-state index contributed by atoms with van der Waals surface area (Å²) in [4.78, 5) is 25.2. The lowest BCUT2D eigenvalue weighted by Crippen LogP contribution is -2.22. The van der Waals surface area contributed by atoms with Gasteiger partial charge in [-0.15, -0.1) is 11.3 Å². The highest BCUT2D eigenvalue weighted by Crippen LogP contribution is 2.34. The normalized spacial score (nSPS) is 10.5. The molecule has 0 saturated heterocycles. The van der Waals surface area contributed by atoms with E-state index in [1.165, 1.54) is 11.3 Å². The van der Waals surface area contributed by atoms with Crippen LogP contribution in [0.4, 0.5) is 5.00 Å². The number of hydrogen-bond acceptors (Lipinski definition) is 4. The lowest BCUT2D eigenvalue weighted by Gasteiger charge is -2.07. The molecule has 0 fully saturated rings. The third-order valence-electron chi connectivity index (χ3n) is 4.14. The van der Waals surface area contributed by atoms with Crippen molar-refractivity contribution in [2.24, 2.45) is 5.73 Å². The summed E-state index contributed by atoms with van der Waals surface area (Å²) in [6, 6.07) is 16.6. The van der Waals surface area contributed by atoms with Crippen molar-refractivity contribution in [1.82, 2.24) is 0 Å². The summed E-state index contributed by atoms with van der Waals surface area (Å²) in [7, 11) is 0. The number of rotatable bonds is 7. The van der Waals surface area contributed by atoms with Crippen molar-refractivity contribution in [1.29, 1.82) is 0 Å². The van der Waals surface area contributed by atoms with Crippen molar-refractivity contribution in [3.05, 3.63) is 81.2 Å². The summed E-state index contributed by atoms with van der Waals surface area (Å²) in [5.41, 5.74) is 7.80. The molecular formula is C21H19ClN2O3S. The standard InChI is InChI=1S/C21H19ClN2O3S/c1-13-17(11-14-5-3-2-4-6-14)28-21(19(13)20(23)26)24-18(25)12-27-16-9-7-15(22)8-10-16/h2-10H,11-12H2,1H3,(H2,23,26)(H,24,25). The maximum absolute atomic E-state index is 12.3. The van der Waals surface area contributed by atoms with E-state index in [4.69, 9.17) is 22.1 Å². The van der Waals surface area contributed by atoms with Gasteiger partial charge in [0.15, 0.2) is 6.61 Å². The topological polar surface area (TPSA) is 81.4 Å². The molecule has 0 atom stereocenters. The Morgan fingerprint density at radius 3 is 2.43 bits per heavy atom. The molecule has 5 nitrogen and oxygen atoms in total. The van der Waals surface area contributed by atoms with Gasteiger partial charge in [0.25, 0.3) is 11.8 Å². The molecule has 2 amide bonds. The number of nitrogens with two attached hydrogens (primary N) is 1. The Balaban J connectivity index is 1.73. The highest BCUT2D eigenvalue weighted by molar-refractivity contribution is 7.17. The van der Waals surface area contributed by atoms with Gasteiger partial charge in [0.2, 0.25) is 0 Å². The predicted molar refractivity (Wildman–Crippen MR) is 112 cm³/mol. The number of nitrogens with one attached hydrogen (secondary N) is 1. The number of benzene rings is 2. The number of halogens is 1. The van der Waals surface area contributed by atoms with Crippen molar-refractivity contribution in [3.63, 3.8) is 0 Å². The lowest BCUT2D eigenvalue weighted by molar-refractivity contribution is -0.118. The highest BCUT2D eigenvalue weighted by Gasteiger charge is 2.21. The molecular weight excluding hydrogens is 396 g/mol. The molecule has 0 bridgehead atoms. The molecule has 1 heterocycles. The van der Waals surface area contributed by atoms with Crippen molar-refractivity contribution in [2.45, 2.75) is 13.3 Å². The molecule has 0 aliphatic rings. The van der Waals surface area contributed by atoms with Crippen molar-refractivity contribution in [3.8, 4) is 5.75 Å². The van der Waals surface area contributed by atoms with Gasteiger partial charge in [-0.25, -0.2) is 0 Å². The minimum absolute atomic E-state index is 0.190. The van der Waals surface area contributed by atoms with Gasteiger partial charge in [-0.1, -0.05) is 41.9 Å². The van der Waals surface area contributed by atoms with Crippen LogP contribution in [0.25, 0.3) is 0 Å². The zero-order valence-electron chi connectivity index (χ0n) is 15.2. The van der Waals surface area contributed by atoms with Crippen LogP contribution >= 0.6 is 22.9 Å². The van der Waals surface area contributed by atoms with Crippen LogP contribution in [0.5, 0.6) is 5.75 Å². The van der Waals surface area contributed by atoms with Crippen LogP contribution in [0.3, 0.4) is 0 Å². The van der Waals surface area contributed by atoms with Crippen LogP contribution in [0.2, 0.25) is 5.02 Å². The number of ether oxygens (including phenoxy) is 1. The number of hydrogen-bond donors (Lipinski definition) is 2. The summed E-state index contributed by atoms with van der Waals surface area (Å²) in [5, 5.41) is 3.78. The first-order valence-corrected chi connectivity index (χ1v) is 9.77. The number of thiophene rings is 1. The highest BCUT2D eigenvalue weighted by atomic mass is 35.5. The van der Waals surface area contributed by atoms with E-state index in [2.05, 4.69) is 5.32 Å². The molecule has 3 rings (SSSR count). The maximum Gasteiger partial charge on any atom is 0.262 e. The van der Waals surface area contributed by atoms with Crippen molar-refractivity contribution >= 4 is 39.8 Å². The molecule has 28 heavy (non-hydrogen) atoms. The molecule has 0 radical (unpaired) electrons. The number of carbonyl (C=O) groups excluding carboxylic acids is 2. The van der Waals surface area contributed by atoms with Crippen LogP contribution < -0.4 is 15.8 Å². The zero-order valence-corrected chi connectivity index (χ0v) is 16.8. The Morgan fingerprint density at radius 2 is 1.79 bits per heavy atom. The summed E-state index contributed by atoms with van der Waals surface area (Å²) in [5.74, 6) is -0.409. The monoisotopic (exact) mass is 414 g/mol. The van der Waals surface area contributed by atoms with E-state index in [1.807, 2.05) is 37.3 Å². The molecule has 0 aliphatic carbocycles.